The summed E-state index contributed by atoms with van der Waals surface area (Å²) < 4.78 is 5.74. The average Bonchev–Trinajstić information content (AvgIpc) is 2.64. The van der Waals surface area contributed by atoms with Crippen LogP contribution in [0.5, 0.6) is 0 Å². The molecule has 2 heteroatoms. The summed E-state index contributed by atoms with van der Waals surface area (Å²) in [6.07, 6.45) is 2.08. The molecule has 0 aliphatic heterocycles. The van der Waals surface area contributed by atoms with Gasteiger partial charge in [0.15, 0.2) is 0 Å². The van der Waals surface area contributed by atoms with Gasteiger partial charge in [0.2, 0.25) is 0 Å². The number of rotatable bonds is 8. The van der Waals surface area contributed by atoms with Gasteiger partial charge in [-0.05, 0) is 60.7 Å². The van der Waals surface area contributed by atoms with E-state index in [2.05, 4.69) is 72.9 Å². The van der Waals surface area contributed by atoms with Crippen LogP contribution >= 0.6 is 0 Å². The molecule has 0 aromatic heterocycles. The molecule has 0 bridgehead atoms. The Hall–Kier alpha value is -2.58. The lowest BCUT2D eigenvalue weighted by Crippen LogP contribution is -1.97. The maximum atomic E-state index is 5.74. The Labute approximate surface area is 150 Å². The van der Waals surface area contributed by atoms with Crippen LogP contribution in [0.15, 0.2) is 78.9 Å². The zero-order valence-electron chi connectivity index (χ0n) is 14.7. The van der Waals surface area contributed by atoms with Gasteiger partial charge >= 0.3 is 0 Å². The topological polar surface area (TPSA) is 21.3 Å². The van der Waals surface area contributed by atoms with E-state index in [-0.39, 0.29) is 0 Å². The summed E-state index contributed by atoms with van der Waals surface area (Å²) in [6, 6.07) is 27.4. The first kappa shape index (κ1) is 17.2. The molecule has 0 aliphatic rings. The molecule has 3 aromatic carbocycles. The van der Waals surface area contributed by atoms with Crippen LogP contribution < -0.4 is 5.32 Å². The van der Waals surface area contributed by atoms with Gasteiger partial charge in [0.05, 0.1) is 6.61 Å². The highest BCUT2D eigenvalue weighted by atomic mass is 16.5. The van der Waals surface area contributed by atoms with Crippen LogP contribution in [0.2, 0.25) is 0 Å². The third-order valence-corrected chi connectivity index (χ3v) is 4.13. The van der Waals surface area contributed by atoms with E-state index < -0.39 is 0 Å². The van der Waals surface area contributed by atoms with Crippen molar-refractivity contribution in [1.82, 2.24) is 0 Å². The Balaban J connectivity index is 1.40. The summed E-state index contributed by atoms with van der Waals surface area (Å²) in [4.78, 5) is 0. The summed E-state index contributed by atoms with van der Waals surface area (Å²) in [6.45, 7) is 3.59. The van der Waals surface area contributed by atoms with Crippen molar-refractivity contribution in [3.8, 4) is 0 Å². The van der Waals surface area contributed by atoms with Crippen molar-refractivity contribution in [3.05, 3.63) is 95.6 Å². The Morgan fingerprint density at radius 1 is 0.760 bits per heavy atom. The first-order valence-corrected chi connectivity index (χ1v) is 8.84. The van der Waals surface area contributed by atoms with E-state index in [9.17, 15) is 0 Å². The maximum absolute atomic E-state index is 5.74. The predicted molar refractivity (Wildman–Crippen MR) is 105 cm³/mol. The zero-order valence-corrected chi connectivity index (χ0v) is 14.7. The molecular weight excluding hydrogens is 306 g/mol. The van der Waals surface area contributed by atoms with E-state index in [1.807, 2.05) is 18.2 Å². The molecule has 25 heavy (non-hydrogen) atoms. The SMILES string of the molecule is Cc1cccc(Nc2ccc(CCCOCc3ccccc3)cc2)c1. The fraction of sp³-hybridized carbons (Fsp3) is 0.217. The molecule has 0 fully saturated rings. The van der Waals surface area contributed by atoms with E-state index in [1.54, 1.807) is 0 Å². The van der Waals surface area contributed by atoms with E-state index in [4.69, 9.17) is 4.74 Å². The molecule has 3 rings (SSSR count). The lowest BCUT2D eigenvalue weighted by Gasteiger charge is -2.09. The third-order valence-electron chi connectivity index (χ3n) is 4.13. The van der Waals surface area contributed by atoms with Crippen LogP contribution in [0, 0.1) is 6.92 Å². The van der Waals surface area contributed by atoms with Crippen LogP contribution in [0.3, 0.4) is 0 Å². The Morgan fingerprint density at radius 3 is 2.32 bits per heavy atom. The molecule has 0 aliphatic carbocycles. The number of aryl methyl sites for hydroxylation is 2. The van der Waals surface area contributed by atoms with Crippen molar-refractivity contribution in [1.29, 1.82) is 0 Å². The number of benzene rings is 3. The monoisotopic (exact) mass is 331 g/mol. The van der Waals surface area contributed by atoms with Gasteiger partial charge in [0, 0.05) is 18.0 Å². The lowest BCUT2D eigenvalue weighted by atomic mass is 10.1. The summed E-state index contributed by atoms with van der Waals surface area (Å²) in [5.74, 6) is 0. The van der Waals surface area contributed by atoms with Gasteiger partial charge in [-0.25, -0.2) is 0 Å². The Bertz CT molecular complexity index is 766. The molecule has 0 amide bonds. The van der Waals surface area contributed by atoms with Crippen LogP contribution in [-0.2, 0) is 17.8 Å². The molecular formula is C23H25NO. The smallest absolute Gasteiger partial charge is 0.0716 e. The maximum Gasteiger partial charge on any atom is 0.0716 e. The summed E-state index contributed by atoms with van der Waals surface area (Å²) in [7, 11) is 0. The largest absolute Gasteiger partial charge is 0.377 e. The molecule has 0 heterocycles. The second-order valence-electron chi connectivity index (χ2n) is 6.33. The highest BCUT2D eigenvalue weighted by Gasteiger charge is 1.98. The normalized spacial score (nSPS) is 10.6. The fourth-order valence-corrected chi connectivity index (χ4v) is 2.79. The van der Waals surface area contributed by atoms with Crippen LogP contribution in [0.4, 0.5) is 11.4 Å². The molecule has 0 unspecified atom stereocenters. The van der Waals surface area contributed by atoms with Crippen LogP contribution in [0.25, 0.3) is 0 Å². The van der Waals surface area contributed by atoms with Crippen molar-refractivity contribution in [2.45, 2.75) is 26.4 Å². The second-order valence-corrected chi connectivity index (χ2v) is 6.33. The first-order valence-electron chi connectivity index (χ1n) is 8.84. The minimum Gasteiger partial charge on any atom is -0.377 e. The molecule has 0 radical (unpaired) electrons. The molecule has 2 nitrogen and oxygen atoms in total. The second kappa shape index (κ2) is 9.05. The summed E-state index contributed by atoms with van der Waals surface area (Å²) in [5, 5.41) is 3.44. The highest BCUT2D eigenvalue weighted by molar-refractivity contribution is 5.60. The van der Waals surface area contributed by atoms with Crippen molar-refractivity contribution in [3.63, 3.8) is 0 Å². The minimum atomic E-state index is 0.695. The quantitative estimate of drug-likeness (QED) is 0.520. The molecule has 0 saturated carbocycles. The predicted octanol–water partition coefficient (Wildman–Crippen LogP) is 5.89. The third kappa shape index (κ3) is 5.77. The molecule has 0 spiro atoms. The molecule has 0 atom stereocenters. The van der Waals surface area contributed by atoms with Crippen LogP contribution in [-0.4, -0.2) is 6.61 Å². The van der Waals surface area contributed by atoms with Gasteiger partial charge in [0.25, 0.3) is 0 Å². The van der Waals surface area contributed by atoms with Gasteiger partial charge in [-0.2, -0.15) is 0 Å². The van der Waals surface area contributed by atoms with Gasteiger partial charge in [0.1, 0.15) is 0 Å². The minimum absolute atomic E-state index is 0.695. The first-order chi connectivity index (χ1) is 12.3. The Kier molecular flexibility index (Phi) is 6.24. The number of hydrogen-bond acceptors (Lipinski definition) is 2. The number of anilines is 2. The number of hydrogen-bond donors (Lipinski definition) is 1. The fourth-order valence-electron chi connectivity index (χ4n) is 2.79. The summed E-state index contributed by atoms with van der Waals surface area (Å²) in [5.41, 5.74) is 6.08. The highest BCUT2D eigenvalue weighted by Crippen LogP contribution is 2.18. The molecule has 1 N–H and O–H groups in total. The number of nitrogens with one attached hydrogen (secondary N) is 1. The van der Waals surface area contributed by atoms with Crippen molar-refractivity contribution < 1.29 is 4.74 Å². The van der Waals surface area contributed by atoms with E-state index in [0.29, 0.717) is 6.61 Å². The van der Waals surface area contributed by atoms with E-state index in [0.717, 1.165) is 30.8 Å². The van der Waals surface area contributed by atoms with Crippen molar-refractivity contribution in [2.75, 3.05) is 11.9 Å². The van der Waals surface area contributed by atoms with E-state index >= 15 is 0 Å². The van der Waals surface area contributed by atoms with Gasteiger partial charge < -0.3 is 10.1 Å². The lowest BCUT2D eigenvalue weighted by molar-refractivity contribution is 0.118. The molecule has 0 saturated heterocycles. The Morgan fingerprint density at radius 2 is 1.56 bits per heavy atom. The van der Waals surface area contributed by atoms with Crippen molar-refractivity contribution in [2.24, 2.45) is 0 Å². The van der Waals surface area contributed by atoms with Crippen molar-refractivity contribution >= 4 is 11.4 Å². The standard InChI is InChI=1S/C23H25NO/c1-19-7-5-11-23(17-19)24-22-14-12-20(13-15-22)10-6-16-25-18-21-8-3-2-4-9-21/h2-5,7-9,11-15,17,24H,6,10,16,18H2,1H3. The molecule has 3 aromatic rings. The van der Waals surface area contributed by atoms with Gasteiger partial charge in [-0.1, -0.05) is 54.6 Å². The van der Waals surface area contributed by atoms with E-state index in [1.165, 1.54) is 16.7 Å². The number of ether oxygens (including phenoxy) is 1. The van der Waals surface area contributed by atoms with Crippen LogP contribution in [0.1, 0.15) is 23.1 Å². The van der Waals surface area contributed by atoms with Gasteiger partial charge in [-0.15, -0.1) is 0 Å². The molecule has 128 valence electrons. The summed E-state index contributed by atoms with van der Waals surface area (Å²) >= 11 is 0. The van der Waals surface area contributed by atoms with Gasteiger partial charge in [-0.3, -0.25) is 0 Å². The average molecular weight is 331 g/mol. The zero-order chi connectivity index (χ0) is 17.3.